The first-order valence-electron chi connectivity index (χ1n) is 7.48. The number of esters is 1. The summed E-state index contributed by atoms with van der Waals surface area (Å²) in [4.78, 5) is 23.6. The van der Waals surface area contributed by atoms with E-state index in [1.54, 1.807) is 30.3 Å². The Labute approximate surface area is 143 Å². The second-order valence-electron chi connectivity index (χ2n) is 5.17. The van der Waals surface area contributed by atoms with E-state index in [0.717, 1.165) is 12.1 Å². The lowest BCUT2D eigenvalue weighted by molar-refractivity contribution is -0.141. The van der Waals surface area contributed by atoms with E-state index >= 15 is 0 Å². The highest BCUT2D eigenvalue weighted by Gasteiger charge is 2.19. The van der Waals surface area contributed by atoms with E-state index in [0.29, 0.717) is 11.6 Å². The van der Waals surface area contributed by atoms with Gasteiger partial charge in [-0.15, -0.1) is 0 Å². The number of carbonyl (C=O) groups is 2. The van der Waals surface area contributed by atoms with Gasteiger partial charge in [-0.3, -0.25) is 9.59 Å². The van der Waals surface area contributed by atoms with Crippen LogP contribution in [0.3, 0.4) is 0 Å². The maximum absolute atomic E-state index is 13.5. The molecule has 0 bridgehead atoms. The molecule has 1 unspecified atom stereocenters. The van der Waals surface area contributed by atoms with Crippen LogP contribution in [-0.4, -0.2) is 25.6 Å². The lowest BCUT2D eigenvalue weighted by Crippen LogP contribution is -2.34. The highest BCUT2D eigenvalue weighted by atomic mass is 19.1. The zero-order chi connectivity index (χ0) is 18.2. The Morgan fingerprint density at radius 3 is 2.48 bits per heavy atom. The van der Waals surface area contributed by atoms with Crippen molar-refractivity contribution < 1.29 is 27.8 Å². The number of halogens is 2. The zero-order valence-electron chi connectivity index (χ0n) is 13.5. The molecule has 0 saturated heterocycles. The largest absolute Gasteiger partial charge is 0.481 e. The number of methoxy groups -OCH3 is 1. The summed E-state index contributed by atoms with van der Waals surface area (Å²) in [6.07, 6.45) is -0.0584. The fourth-order valence-electron chi connectivity index (χ4n) is 2.16. The third-order valence-electron chi connectivity index (χ3n) is 3.39. The number of amides is 1. The second-order valence-corrected chi connectivity index (χ2v) is 5.17. The molecule has 0 aromatic heterocycles. The molecular weight excluding hydrogens is 332 g/mol. The van der Waals surface area contributed by atoms with E-state index in [2.05, 4.69) is 10.1 Å². The second kappa shape index (κ2) is 8.77. The first-order valence-corrected chi connectivity index (χ1v) is 7.48. The van der Waals surface area contributed by atoms with Gasteiger partial charge in [0.25, 0.3) is 5.91 Å². The third kappa shape index (κ3) is 5.56. The highest BCUT2D eigenvalue weighted by molar-refractivity contribution is 5.79. The number of carbonyl (C=O) groups excluding carboxylic acids is 2. The van der Waals surface area contributed by atoms with Gasteiger partial charge in [0.1, 0.15) is 5.82 Å². The molecule has 0 saturated carbocycles. The SMILES string of the molecule is COC(=O)CC(NC(=O)COc1ccc(F)cc1F)c1ccccc1. The van der Waals surface area contributed by atoms with Crippen molar-refractivity contribution in [2.24, 2.45) is 0 Å². The first kappa shape index (κ1) is 18.4. The quantitative estimate of drug-likeness (QED) is 0.781. The molecule has 1 N–H and O–H groups in total. The minimum Gasteiger partial charge on any atom is -0.481 e. The predicted molar refractivity (Wildman–Crippen MR) is 85.8 cm³/mol. The Bertz CT molecular complexity index is 737. The van der Waals surface area contributed by atoms with Crippen molar-refractivity contribution in [1.29, 1.82) is 0 Å². The van der Waals surface area contributed by atoms with Crippen molar-refractivity contribution in [3.63, 3.8) is 0 Å². The van der Waals surface area contributed by atoms with Crippen LogP contribution in [0.25, 0.3) is 0 Å². The lowest BCUT2D eigenvalue weighted by atomic mass is 10.0. The maximum atomic E-state index is 13.5. The standard InChI is InChI=1S/C18H17F2NO4/c1-24-18(23)10-15(12-5-3-2-4-6-12)21-17(22)11-25-16-8-7-13(19)9-14(16)20/h2-9,15H,10-11H2,1H3,(H,21,22). The summed E-state index contributed by atoms with van der Waals surface area (Å²) < 4.78 is 36.0. The summed E-state index contributed by atoms with van der Waals surface area (Å²) in [6, 6.07) is 11.1. The molecule has 0 radical (unpaired) electrons. The average Bonchev–Trinajstić information content (AvgIpc) is 2.61. The molecule has 0 heterocycles. The van der Waals surface area contributed by atoms with Gasteiger partial charge in [0.15, 0.2) is 18.2 Å². The van der Waals surface area contributed by atoms with Crippen molar-refractivity contribution in [2.45, 2.75) is 12.5 Å². The molecule has 2 aromatic carbocycles. The number of hydrogen-bond acceptors (Lipinski definition) is 4. The molecule has 0 fully saturated rings. The molecule has 1 atom stereocenters. The molecule has 2 aromatic rings. The Morgan fingerprint density at radius 2 is 1.84 bits per heavy atom. The molecule has 0 aliphatic rings. The molecule has 0 spiro atoms. The van der Waals surface area contributed by atoms with Crippen LogP contribution in [0, 0.1) is 11.6 Å². The number of ether oxygens (including phenoxy) is 2. The number of hydrogen-bond donors (Lipinski definition) is 1. The zero-order valence-corrected chi connectivity index (χ0v) is 13.5. The summed E-state index contributed by atoms with van der Waals surface area (Å²) in [5, 5.41) is 2.64. The molecule has 2 rings (SSSR count). The van der Waals surface area contributed by atoms with E-state index in [4.69, 9.17) is 4.74 Å². The molecule has 0 aliphatic carbocycles. The minimum absolute atomic E-state index is 0.0584. The molecule has 5 nitrogen and oxygen atoms in total. The predicted octanol–water partition coefficient (Wildman–Crippen LogP) is 2.76. The lowest BCUT2D eigenvalue weighted by Gasteiger charge is -2.18. The first-order chi connectivity index (χ1) is 12.0. The topological polar surface area (TPSA) is 64.6 Å². The van der Waals surface area contributed by atoms with Crippen molar-refractivity contribution in [3.05, 3.63) is 65.7 Å². The summed E-state index contributed by atoms with van der Waals surface area (Å²) in [6.45, 7) is -0.479. The maximum Gasteiger partial charge on any atom is 0.307 e. The van der Waals surface area contributed by atoms with Gasteiger partial charge < -0.3 is 14.8 Å². The number of nitrogens with one attached hydrogen (secondary N) is 1. The van der Waals surface area contributed by atoms with Crippen molar-refractivity contribution in [2.75, 3.05) is 13.7 Å². The van der Waals surface area contributed by atoms with E-state index in [9.17, 15) is 18.4 Å². The van der Waals surface area contributed by atoms with Gasteiger partial charge in [0, 0.05) is 6.07 Å². The van der Waals surface area contributed by atoms with Crippen LogP contribution >= 0.6 is 0 Å². The van der Waals surface area contributed by atoms with Crippen LogP contribution in [-0.2, 0) is 14.3 Å². The normalized spacial score (nSPS) is 11.5. The number of benzene rings is 2. The van der Waals surface area contributed by atoms with Gasteiger partial charge in [-0.25, -0.2) is 8.78 Å². The van der Waals surface area contributed by atoms with Crippen molar-refractivity contribution in [3.8, 4) is 5.75 Å². The van der Waals surface area contributed by atoms with Crippen molar-refractivity contribution in [1.82, 2.24) is 5.32 Å². The molecule has 0 aliphatic heterocycles. The van der Waals surface area contributed by atoms with E-state index in [-0.39, 0.29) is 12.2 Å². The van der Waals surface area contributed by atoms with Crippen LogP contribution in [0.2, 0.25) is 0 Å². The van der Waals surface area contributed by atoms with Crippen molar-refractivity contribution >= 4 is 11.9 Å². The average molecular weight is 349 g/mol. The fourth-order valence-corrected chi connectivity index (χ4v) is 2.16. The van der Waals surface area contributed by atoms with Gasteiger partial charge in [-0.1, -0.05) is 30.3 Å². The van der Waals surface area contributed by atoms with E-state index in [1.165, 1.54) is 7.11 Å². The van der Waals surface area contributed by atoms with E-state index in [1.807, 2.05) is 0 Å². The Kier molecular flexibility index (Phi) is 6.45. The van der Waals surface area contributed by atoms with Crippen LogP contribution < -0.4 is 10.1 Å². The third-order valence-corrected chi connectivity index (χ3v) is 3.39. The van der Waals surface area contributed by atoms with Gasteiger partial charge in [0.05, 0.1) is 19.6 Å². The molecular formula is C18H17F2NO4. The summed E-state index contributed by atoms with van der Waals surface area (Å²) in [5.74, 6) is -2.92. The summed E-state index contributed by atoms with van der Waals surface area (Å²) in [5.41, 5.74) is 0.717. The Hall–Kier alpha value is -2.96. The van der Waals surface area contributed by atoms with Crippen LogP contribution in [0.5, 0.6) is 5.75 Å². The minimum atomic E-state index is -0.901. The monoisotopic (exact) mass is 349 g/mol. The molecule has 25 heavy (non-hydrogen) atoms. The van der Waals surface area contributed by atoms with Gasteiger partial charge in [-0.05, 0) is 17.7 Å². The Balaban J connectivity index is 2.00. The molecule has 1 amide bonds. The molecule has 132 valence electrons. The van der Waals surface area contributed by atoms with E-state index < -0.39 is 36.2 Å². The van der Waals surface area contributed by atoms with Gasteiger partial charge >= 0.3 is 5.97 Å². The highest BCUT2D eigenvalue weighted by Crippen LogP contribution is 2.19. The smallest absolute Gasteiger partial charge is 0.307 e. The van der Waals surface area contributed by atoms with Gasteiger partial charge in [0.2, 0.25) is 0 Å². The number of rotatable bonds is 7. The summed E-state index contributed by atoms with van der Waals surface area (Å²) in [7, 11) is 1.26. The Morgan fingerprint density at radius 1 is 1.12 bits per heavy atom. The fraction of sp³-hybridized carbons (Fsp3) is 0.222. The van der Waals surface area contributed by atoms with Crippen LogP contribution in [0.1, 0.15) is 18.0 Å². The van der Waals surface area contributed by atoms with Crippen LogP contribution in [0.15, 0.2) is 48.5 Å². The van der Waals surface area contributed by atoms with Gasteiger partial charge in [-0.2, -0.15) is 0 Å². The molecule has 7 heteroatoms. The summed E-state index contributed by atoms with van der Waals surface area (Å²) >= 11 is 0. The van der Waals surface area contributed by atoms with Crippen LogP contribution in [0.4, 0.5) is 8.78 Å².